The van der Waals surface area contributed by atoms with E-state index < -0.39 is 0 Å². The van der Waals surface area contributed by atoms with Crippen molar-refractivity contribution in [2.75, 3.05) is 0 Å². The van der Waals surface area contributed by atoms with E-state index in [9.17, 15) is 9.59 Å². The number of hydrogen-bond acceptors (Lipinski definition) is 5. The van der Waals surface area contributed by atoms with Crippen LogP contribution in [0, 0.1) is 0 Å². The average molecular weight is 261 g/mol. The molecule has 2 N–H and O–H groups in total. The van der Waals surface area contributed by atoms with Gasteiger partial charge in [0, 0.05) is 31.8 Å². The molecule has 1 rings (SSSR count). The van der Waals surface area contributed by atoms with Crippen molar-refractivity contribution in [3.8, 4) is 0 Å². The summed E-state index contributed by atoms with van der Waals surface area (Å²) in [7, 11) is 0. The summed E-state index contributed by atoms with van der Waals surface area (Å²) in [6.07, 6.45) is 3.30. The molecule has 0 aliphatic heterocycles. The van der Waals surface area contributed by atoms with Crippen molar-refractivity contribution in [3.05, 3.63) is 30.1 Å². The number of aromatic nitrogens is 1. The Morgan fingerprint density at radius 3 is 2.21 bits per heavy atom. The number of guanidine groups is 1. The SMILES string of the molecule is CC(=O)NC(=N/N=C(\C)c1cccnc1)NC(C)=O. The lowest BCUT2D eigenvalue weighted by Crippen LogP contribution is -2.41. The monoisotopic (exact) mass is 261 g/mol. The van der Waals surface area contributed by atoms with Gasteiger partial charge in [-0.1, -0.05) is 6.07 Å². The first-order valence-electron chi connectivity index (χ1n) is 5.57. The third-order valence-electron chi connectivity index (χ3n) is 1.97. The molecule has 0 aliphatic rings. The lowest BCUT2D eigenvalue weighted by atomic mass is 10.2. The van der Waals surface area contributed by atoms with Crippen molar-refractivity contribution in [1.29, 1.82) is 0 Å². The van der Waals surface area contributed by atoms with E-state index in [4.69, 9.17) is 0 Å². The molecule has 0 fully saturated rings. The number of nitrogens with zero attached hydrogens (tertiary/aromatic N) is 3. The maximum Gasteiger partial charge on any atom is 0.229 e. The Hall–Kier alpha value is -2.57. The third kappa shape index (κ3) is 5.53. The predicted molar refractivity (Wildman–Crippen MR) is 71.5 cm³/mol. The fourth-order valence-corrected chi connectivity index (χ4v) is 1.17. The van der Waals surface area contributed by atoms with Crippen LogP contribution in [0.15, 0.2) is 34.7 Å². The largest absolute Gasteiger partial charge is 0.295 e. The Labute approximate surface area is 110 Å². The maximum absolute atomic E-state index is 10.9. The average Bonchev–Trinajstić information content (AvgIpc) is 2.35. The van der Waals surface area contributed by atoms with Crippen LogP contribution in [0.4, 0.5) is 0 Å². The van der Waals surface area contributed by atoms with Crippen LogP contribution >= 0.6 is 0 Å². The predicted octanol–water partition coefficient (Wildman–Crippen LogP) is 0.434. The molecule has 19 heavy (non-hydrogen) atoms. The van der Waals surface area contributed by atoms with Gasteiger partial charge in [-0.25, -0.2) is 0 Å². The lowest BCUT2D eigenvalue weighted by Gasteiger charge is -2.05. The molecule has 1 aromatic heterocycles. The van der Waals surface area contributed by atoms with Crippen LogP contribution in [0.5, 0.6) is 0 Å². The second kappa shape index (κ2) is 7.00. The fraction of sp³-hybridized carbons (Fsp3) is 0.250. The van der Waals surface area contributed by atoms with Crippen LogP contribution in [-0.4, -0.2) is 28.5 Å². The summed E-state index contributed by atoms with van der Waals surface area (Å²) in [6, 6.07) is 3.61. The molecular weight excluding hydrogens is 246 g/mol. The van der Waals surface area contributed by atoms with Crippen molar-refractivity contribution < 1.29 is 9.59 Å². The van der Waals surface area contributed by atoms with Crippen molar-refractivity contribution in [2.24, 2.45) is 10.2 Å². The van der Waals surface area contributed by atoms with Crippen molar-refractivity contribution in [2.45, 2.75) is 20.8 Å². The minimum Gasteiger partial charge on any atom is -0.295 e. The number of hydrogen-bond donors (Lipinski definition) is 2. The molecule has 0 unspecified atom stereocenters. The Bertz CT molecular complexity index is 504. The molecule has 100 valence electrons. The summed E-state index contributed by atoms with van der Waals surface area (Å²) in [4.78, 5) is 25.9. The number of carbonyl (C=O) groups excluding carboxylic acids is 2. The molecule has 2 amide bonds. The highest BCUT2D eigenvalue weighted by atomic mass is 16.2. The second-order valence-corrected chi connectivity index (χ2v) is 3.74. The lowest BCUT2D eigenvalue weighted by molar-refractivity contribution is -0.117. The van der Waals surface area contributed by atoms with Gasteiger partial charge in [0.15, 0.2) is 0 Å². The molecule has 0 aromatic carbocycles. The Morgan fingerprint density at radius 1 is 1.11 bits per heavy atom. The first kappa shape index (κ1) is 14.5. The number of pyridine rings is 1. The highest BCUT2D eigenvalue weighted by Gasteiger charge is 2.03. The quantitative estimate of drug-likeness (QED) is 0.459. The second-order valence-electron chi connectivity index (χ2n) is 3.74. The van der Waals surface area contributed by atoms with E-state index in [1.807, 2.05) is 6.07 Å². The molecule has 7 heteroatoms. The number of rotatable bonds is 2. The van der Waals surface area contributed by atoms with E-state index in [1.165, 1.54) is 13.8 Å². The first-order chi connectivity index (χ1) is 8.99. The van der Waals surface area contributed by atoms with Gasteiger partial charge in [0.05, 0.1) is 5.71 Å². The van der Waals surface area contributed by atoms with Crippen LogP contribution in [0.25, 0.3) is 0 Å². The molecule has 7 nitrogen and oxygen atoms in total. The highest BCUT2D eigenvalue weighted by molar-refractivity contribution is 6.04. The fourth-order valence-electron chi connectivity index (χ4n) is 1.17. The molecule has 0 radical (unpaired) electrons. The zero-order valence-electron chi connectivity index (χ0n) is 11.0. The van der Waals surface area contributed by atoms with Crippen molar-refractivity contribution >= 4 is 23.5 Å². The Morgan fingerprint density at radius 2 is 1.74 bits per heavy atom. The molecule has 1 aromatic rings. The zero-order chi connectivity index (χ0) is 14.3. The van der Waals surface area contributed by atoms with E-state index in [0.29, 0.717) is 5.71 Å². The van der Waals surface area contributed by atoms with Crippen LogP contribution in [0.2, 0.25) is 0 Å². The van der Waals surface area contributed by atoms with Crippen LogP contribution in [0.1, 0.15) is 26.3 Å². The molecule has 0 bridgehead atoms. The van der Waals surface area contributed by atoms with E-state index >= 15 is 0 Å². The molecule has 0 aliphatic carbocycles. The summed E-state index contributed by atoms with van der Waals surface area (Å²) in [5.74, 6) is -0.702. The van der Waals surface area contributed by atoms with Gasteiger partial charge in [0.1, 0.15) is 0 Å². The molecule has 0 atom stereocenters. The van der Waals surface area contributed by atoms with Gasteiger partial charge in [-0.05, 0) is 13.0 Å². The Kier molecular flexibility index (Phi) is 5.34. The van der Waals surface area contributed by atoms with Gasteiger partial charge in [0.25, 0.3) is 0 Å². The summed E-state index contributed by atoms with van der Waals surface area (Å²) in [5, 5.41) is 12.5. The minimum atomic E-state index is -0.346. The van der Waals surface area contributed by atoms with Gasteiger partial charge in [-0.3, -0.25) is 25.2 Å². The molecule has 0 saturated carbocycles. The van der Waals surface area contributed by atoms with Gasteiger partial charge in [0.2, 0.25) is 17.8 Å². The van der Waals surface area contributed by atoms with E-state index in [-0.39, 0.29) is 17.8 Å². The summed E-state index contributed by atoms with van der Waals surface area (Å²) < 4.78 is 0. The zero-order valence-corrected chi connectivity index (χ0v) is 11.0. The van der Waals surface area contributed by atoms with E-state index in [0.717, 1.165) is 5.56 Å². The van der Waals surface area contributed by atoms with Gasteiger partial charge >= 0.3 is 0 Å². The molecule has 0 saturated heterocycles. The maximum atomic E-state index is 10.9. The highest BCUT2D eigenvalue weighted by Crippen LogP contribution is 1.98. The summed E-state index contributed by atoms with van der Waals surface area (Å²) in [6.45, 7) is 4.38. The van der Waals surface area contributed by atoms with Crippen molar-refractivity contribution in [3.63, 3.8) is 0 Å². The first-order valence-corrected chi connectivity index (χ1v) is 5.57. The Balaban J connectivity index is 2.89. The van der Waals surface area contributed by atoms with Crippen molar-refractivity contribution in [1.82, 2.24) is 15.6 Å². The third-order valence-corrected chi connectivity index (χ3v) is 1.97. The topological polar surface area (TPSA) is 95.8 Å². The van der Waals surface area contributed by atoms with Crippen LogP contribution in [0.3, 0.4) is 0 Å². The summed E-state index contributed by atoms with van der Waals surface area (Å²) >= 11 is 0. The molecule has 0 spiro atoms. The van der Waals surface area contributed by atoms with Gasteiger partial charge in [-0.2, -0.15) is 5.10 Å². The smallest absolute Gasteiger partial charge is 0.229 e. The summed E-state index contributed by atoms with van der Waals surface area (Å²) in [5.41, 5.74) is 1.41. The normalized spacial score (nSPS) is 10.6. The minimum absolute atomic E-state index is 0.0109. The molecular formula is C12H15N5O2. The van der Waals surface area contributed by atoms with E-state index in [2.05, 4.69) is 25.8 Å². The number of amides is 2. The van der Waals surface area contributed by atoms with Crippen LogP contribution < -0.4 is 10.6 Å². The number of carbonyl (C=O) groups is 2. The molecule has 1 heterocycles. The standard InChI is InChI=1S/C12H15N5O2/c1-8(11-5-4-6-13-7-11)16-17-12(14-9(2)18)15-10(3)19/h4-7H,1-3H3,(H2,14,15,17,18,19)/b16-8+. The van der Waals surface area contributed by atoms with Gasteiger partial charge < -0.3 is 0 Å². The van der Waals surface area contributed by atoms with Gasteiger partial charge in [-0.15, -0.1) is 5.10 Å². The number of nitrogens with one attached hydrogen (secondary N) is 2. The van der Waals surface area contributed by atoms with Crippen LogP contribution in [-0.2, 0) is 9.59 Å². The van der Waals surface area contributed by atoms with E-state index in [1.54, 1.807) is 25.4 Å².